The normalized spacial score (nSPS) is 12.5. The molecule has 1 heteroatoms. The first-order valence-electron chi connectivity index (χ1n) is 15.4. The molecule has 0 radical (unpaired) electrons. The summed E-state index contributed by atoms with van der Waals surface area (Å²) in [5.41, 5.74) is 11.5. The minimum absolute atomic E-state index is 0.986. The van der Waals surface area contributed by atoms with Crippen LogP contribution in [0, 0.1) is 0 Å². The van der Waals surface area contributed by atoms with Gasteiger partial charge in [0.05, 0.1) is 16.6 Å². The first-order valence-corrected chi connectivity index (χ1v) is 15.4. The van der Waals surface area contributed by atoms with E-state index >= 15 is 0 Å². The maximum absolute atomic E-state index is 2.53. The van der Waals surface area contributed by atoms with Crippen molar-refractivity contribution in [1.82, 2.24) is 4.40 Å². The SMILES string of the molecule is c1ccc(-c2ccc(-c3ccc4c(c3)c3cccc5c6cccc7c6c6c(cccc6c6ccccc6n4c53)C7)cc2)cc1. The Morgan fingerprint density at radius 1 is 0.341 bits per heavy atom. The van der Waals surface area contributed by atoms with Crippen LogP contribution in [0.3, 0.4) is 0 Å². The molecule has 0 amide bonds. The summed E-state index contributed by atoms with van der Waals surface area (Å²) in [4.78, 5) is 0. The van der Waals surface area contributed by atoms with Gasteiger partial charge in [-0.3, -0.25) is 0 Å². The molecular weight excluding hydrogens is 530 g/mol. The first kappa shape index (κ1) is 23.9. The summed E-state index contributed by atoms with van der Waals surface area (Å²) in [6, 6.07) is 56.2. The van der Waals surface area contributed by atoms with Gasteiger partial charge in [-0.25, -0.2) is 0 Å². The van der Waals surface area contributed by atoms with Gasteiger partial charge in [0.15, 0.2) is 0 Å². The van der Waals surface area contributed by atoms with Gasteiger partial charge in [-0.05, 0) is 79.5 Å². The van der Waals surface area contributed by atoms with Crippen molar-refractivity contribution in [2.45, 2.75) is 6.42 Å². The molecule has 204 valence electrons. The van der Waals surface area contributed by atoms with Crippen molar-refractivity contribution >= 4 is 59.6 Å². The number of hydrogen-bond acceptors (Lipinski definition) is 0. The zero-order valence-corrected chi connectivity index (χ0v) is 24.1. The maximum Gasteiger partial charge on any atom is 0.0619 e. The Morgan fingerprint density at radius 3 is 1.59 bits per heavy atom. The summed E-state index contributed by atoms with van der Waals surface area (Å²) < 4.78 is 2.53. The lowest BCUT2D eigenvalue weighted by Gasteiger charge is -2.07. The Bertz CT molecular complexity index is 2660. The second kappa shape index (κ2) is 8.92. The lowest BCUT2D eigenvalue weighted by Crippen LogP contribution is -1.87. The Labute approximate surface area is 254 Å². The zero-order chi connectivity index (χ0) is 28.8. The standard InChI is InChI=1S/C43H27N/c1-2-9-27(10-3-1)28-19-21-29(22-20-28)30-23-24-40-38(26-30)37-17-8-16-36-35-15-7-12-32-25-31-11-6-14-34(41(31)42(32)35)33-13-4-5-18-39(33)44(40)43(36)37/h1-24,26H,25H2. The van der Waals surface area contributed by atoms with Crippen molar-refractivity contribution in [3.05, 3.63) is 163 Å². The van der Waals surface area contributed by atoms with E-state index in [1.807, 2.05) is 0 Å². The van der Waals surface area contributed by atoms with E-state index in [4.69, 9.17) is 0 Å². The molecule has 0 saturated heterocycles. The van der Waals surface area contributed by atoms with Crippen molar-refractivity contribution in [2.75, 3.05) is 0 Å². The van der Waals surface area contributed by atoms with Crippen molar-refractivity contribution in [3.63, 3.8) is 0 Å². The molecule has 9 aromatic rings. The van der Waals surface area contributed by atoms with E-state index in [-0.39, 0.29) is 0 Å². The number of rotatable bonds is 2. The van der Waals surface area contributed by atoms with Gasteiger partial charge < -0.3 is 4.40 Å². The van der Waals surface area contributed by atoms with Crippen LogP contribution in [0.5, 0.6) is 0 Å². The smallest absolute Gasteiger partial charge is 0.0619 e. The molecule has 10 rings (SSSR count). The maximum atomic E-state index is 2.53. The molecule has 0 N–H and O–H groups in total. The second-order valence-electron chi connectivity index (χ2n) is 12.1. The molecule has 0 saturated carbocycles. The minimum Gasteiger partial charge on any atom is -0.308 e. The summed E-state index contributed by atoms with van der Waals surface area (Å²) in [6.45, 7) is 0. The van der Waals surface area contributed by atoms with Crippen LogP contribution in [0.4, 0.5) is 0 Å². The van der Waals surface area contributed by atoms with E-state index in [0.29, 0.717) is 0 Å². The number of fused-ring (bicyclic) bond motifs is 7. The molecule has 1 nitrogen and oxygen atoms in total. The highest BCUT2D eigenvalue weighted by Crippen LogP contribution is 2.43. The Balaban J connectivity index is 1.36. The van der Waals surface area contributed by atoms with Crippen molar-refractivity contribution in [2.24, 2.45) is 0 Å². The predicted molar refractivity (Wildman–Crippen MR) is 187 cm³/mol. The molecule has 44 heavy (non-hydrogen) atoms. The highest BCUT2D eigenvalue weighted by molar-refractivity contribution is 6.27. The number of aromatic nitrogens is 1. The van der Waals surface area contributed by atoms with Crippen LogP contribution in [0.15, 0.2) is 152 Å². The third-order valence-corrected chi connectivity index (χ3v) is 9.77. The van der Waals surface area contributed by atoms with Gasteiger partial charge in [0.1, 0.15) is 0 Å². The molecule has 0 fully saturated rings. The topological polar surface area (TPSA) is 4.41 Å². The Hall–Kier alpha value is -5.66. The molecular formula is C43H27N. The molecule has 2 aromatic heterocycles. The molecule has 1 aliphatic carbocycles. The van der Waals surface area contributed by atoms with Crippen LogP contribution in [0.25, 0.3) is 81.9 Å². The van der Waals surface area contributed by atoms with Crippen LogP contribution < -0.4 is 0 Å². The highest BCUT2D eigenvalue weighted by Gasteiger charge is 2.20. The van der Waals surface area contributed by atoms with Crippen LogP contribution in [0.2, 0.25) is 0 Å². The highest BCUT2D eigenvalue weighted by atomic mass is 14.9. The molecule has 1 aliphatic rings. The van der Waals surface area contributed by atoms with Gasteiger partial charge in [0.2, 0.25) is 0 Å². The quantitative estimate of drug-likeness (QED) is 0.199. The van der Waals surface area contributed by atoms with Crippen molar-refractivity contribution in [1.29, 1.82) is 0 Å². The molecule has 0 unspecified atom stereocenters. The average molecular weight is 558 g/mol. The summed E-state index contributed by atoms with van der Waals surface area (Å²) in [6.07, 6.45) is 0.986. The first-order chi connectivity index (χ1) is 21.8. The van der Waals surface area contributed by atoms with Gasteiger partial charge in [-0.15, -0.1) is 0 Å². The average Bonchev–Trinajstić information content (AvgIpc) is 3.65. The van der Waals surface area contributed by atoms with Crippen LogP contribution in [-0.2, 0) is 6.42 Å². The van der Waals surface area contributed by atoms with E-state index in [2.05, 4.69) is 156 Å². The fraction of sp³-hybridized carbons (Fsp3) is 0.0233. The van der Waals surface area contributed by atoms with Crippen molar-refractivity contribution < 1.29 is 0 Å². The fourth-order valence-electron chi connectivity index (χ4n) is 7.84. The summed E-state index contributed by atoms with van der Waals surface area (Å²) >= 11 is 0. The van der Waals surface area contributed by atoms with Gasteiger partial charge in [-0.1, -0.05) is 133 Å². The summed E-state index contributed by atoms with van der Waals surface area (Å²) in [5, 5.41) is 10.6. The molecule has 2 heterocycles. The van der Waals surface area contributed by atoms with Crippen LogP contribution >= 0.6 is 0 Å². The third-order valence-electron chi connectivity index (χ3n) is 9.77. The minimum atomic E-state index is 0.986. The predicted octanol–water partition coefficient (Wildman–Crippen LogP) is 11.5. The van der Waals surface area contributed by atoms with E-state index < -0.39 is 0 Å². The fourth-order valence-corrected chi connectivity index (χ4v) is 7.84. The second-order valence-corrected chi connectivity index (χ2v) is 12.1. The lowest BCUT2D eigenvalue weighted by atomic mass is 9.98. The molecule has 0 spiro atoms. The van der Waals surface area contributed by atoms with Gasteiger partial charge in [0, 0.05) is 21.5 Å². The monoisotopic (exact) mass is 557 g/mol. The van der Waals surface area contributed by atoms with Gasteiger partial charge >= 0.3 is 0 Å². The summed E-state index contributed by atoms with van der Waals surface area (Å²) in [5.74, 6) is 0. The Kier molecular flexibility index (Phi) is 4.84. The molecule has 7 aromatic carbocycles. The third kappa shape index (κ3) is 3.24. The number of benzene rings is 7. The molecule has 0 bridgehead atoms. The lowest BCUT2D eigenvalue weighted by molar-refractivity contribution is 1.27. The largest absolute Gasteiger partial charge is 0.308 e. The molecule has 0 atom stereocenters. The number of para-hydroxylation sites is 2. The number of hydrogen-bond donors (Lipinski definition) is 0. The van der Waals surface area contributed by atoms with Gasteiger partial charge in [-0.2, -0.15) is 0 Å². The van der Waals surface area contributed by atoms with Crippen LogP contribution in [-0.4, -0.2) is 4.40 Å². The van der Waals surface area contributed by atoms with E-state index in [1.54, 1.807) is 0 Å². The van der Waals surface area contributed by atoms with Crippen molar-refractivity contribution in [3.8, 4) is 22.3 Å². The zero-order valence-electron chi connectivity index (χ0n) is 24.1. The van der Waals surface area contributed by atoms with E-state index in [0.717, 1.165) is 6.42 Å². The Morgan fingerprint density at radius 2 is 0.841 bits per heavy atom. The molecule has 0 aliphatic heterocycles. The van der Waals surface area contributed by atoms with Crippen LogP contribution in [0.1, 0.15) is 11.1 Å². The van der Waals surface area contributed by atoms with E-state index in [9.17, 15) is 0 Å². The number of nitrogens with zero attached hydrogens (tertiary/aromatic N) is 1. The van der Waals surface area contributed by atoms with E-state index in [1.165, 1.54) is 93.0 Å². The summed E-state index contributed by atoms with van der Waals surface area (Å²) in [7, 11) is 0. The van der Waals surface area contributed by atoms with Gasteiger partial charge in [0.25, 0.3) is 0 Å².